The van der Waals surface area contributed by atoms with Crippen LogP contribution in [-0.2, 0) is 31.3 Å². The number of benzene rings is 1. The number of aromatic amines is 1. The number of methoxy groups -OCH3 is 1. The van der Waals surface area contributed by atoms with Crippen molar-refractivity contribution in [2.45, 2.75) is 26.4 Å². The monoisotopic (exact) mass is 381 g/mol. The standard InChI is InChI=1S/C21H27N5O2/c1-4-26(15-17-12-22-25(2)13-17)14-16-6-5-7-18(10-16)21-23-19(8-9-28-3)11-20(27)24-21/h5-7,10-13H,4,8-9,14-15H2,1-3H3,(H,23,24,27). The van der Waals surface area contributed by atoms with Gasteiger partial charge in [-0.2, -0.15) is 5.10 Å². The predicted octanol–water partition coefficient (Wildman–Crippen LogP) is 2.38. The molecule has 0 spiro atoms. The molecule has 28 heavy (non-hydrogen) atoms. The van der Waals surface area contributed by atoms with E-state index in [4.69, 9.17) is 4.74 Å². The Balaban J connectivity index is 1.78. The van der Waals surface area contributed by atoms with E-state index in [-0.39, 0.29) is 5.56 Å². The first-order valence-corrected chi connectivity index (χ1v) is 9.45. The summed E-state index contributed by atoms with van der Waals surface area (Å²) in [4.78, 5) is 21.8. The van der Waals surface area contributed by atoms with Crippen LogP contribution in [0.25, 0.3) is 11.4 Å². The zero-order valence-corrected chi connectivity index (χ0v) is 16.7. The average Bonchev–Trinajstić information content (AvgIpc) is 3.10. The third-order valence-electron chi connectivity index (χ3n) is 4.58. The number of hydrogen-bond donors (Lipinski definition) is 1. The Kier molecular flexibility index (Phi) is 6.73. The summed E-state index contributed by atoms with van der Waals surface area (Å²) in [6.45, 7) is 5.28. The zero-order chi connectivity index (χ0) is 19.9. The van der Waals surface area contributed by atoms with Crippen molar-refractivity contribution < 1.29 is 4.74 Å². The number of ether oxygens (including phenoxy) is 1. The highest BCUT2D eigenvalue weighted by Gasteiger charge is 2.09. The SMILES string of the molecule is CCN(Cc1cccc(-c2nc(CCOC)cc(=O)[nH]2)c1)Cc1cnn(C)c1. The van der Waals surface area contributed by atoms with Crippen LogP contribution < -0.4 is 5.56 Å². The topological polar surface area (TPSA) is 76.0 Å². The molecule has 7 heteroatoms. The van der Waals surface area contributed by atoms with Crippen molar-refractivity contribution >= 4 is 0 Å². The fraction of sp³-hybridized carbons (Fsp3) is 0.381. The lowest BCUT2D eigenvalue weighted by Gasteiger charge is -2.20. The lowest BCUT2D eigenvalue weighted by Crippen LogP contribution is -2.22. The predicted molar refractivity (Wildman–Crippen MR) is 109 cm³/mol. The van der Waals surface area contributed by atoms with Crippen molar-refractivity contribution in [2.24, 2.45) is 7.05 Å². The first-order chi connectivity index (χ1) is 13.6. The molecule has 0 fully saturated rings. The maximum atomic E-state index is 12.0. The van der Waals surface area contributed by atoms with Crippen LogP contribution in [0.3, 0.4) is 0 Å². The van der Waals surface area contributed by atoms with E-state index in [1.54, 1.807) is 7.11 Å². The van der Waals surface area contributed by atoms with Gasteiger partial charge in [-0.3, -0.25) is 14.4 Å². The van der Waals surface area contributed by atoms with Crippen molar-refractivity contribution in [3.8, 4) is 11.4 Å². The molecule has 7 nitrogen and oxygen atoms in total. The maximum Gasteiger partial charge on any atom is 0.251 e. The number of H-pyrrole nitrogens is 1. The second-order valence-corrected chi connectivity index (χ2v) is 6.85. The van der Waals surface area contributed by atoms with Gasteiger partial charge in [0.2, 0.25) is 0 Å². The van der Waals surface area contributed by atoms with Gasteiger partial charge in [0.05, 0.1) is 18.5 Å². The molecule has 0 bridgehead atoms. The number of nitrogens with zero attached hydrogens (tertiary/aromatic N) is 4. The van der Waals surface area contributed by atoms with Gasteiger partial charge in [0.25, 0.3) is 5.56 Å². The molecule has 0 aliphatic carbocycles. The summed E-state index contributed by atoms with van der Waals surface area (Å²) in [6, 6.07) is 9.69. The van der Waals surface area contributed by atoms with Crippen molar-refractivity contribution in [1.82, 2.24) is 24.6 Å². The van der Waals surface area contributed by atoms with Gasteiger partial charge >= 0.3 is 0 Å². The van der Waals surface area contributed by atoms with Crippen molar-refractivity contribution in [3.05, 3.63) is 69.9 Å². The number of hydrogen-bond acceptors (Lipinski definition) is 5. The molecule has 0 unspecified atom stereocenters. The second kappa shape index (κ2) is 9.43. The zero-order valence-electron chi connectivity index (χ0n) is 16.7. The molecule has 0 amide bonds. The average molecular weight is 381 g/mol. The van der Waals surface area contributed by atoms with E-state index in [1.807, 2.05) is 36.3 Å². The Morgan fingerprint density at radius 1 is 1.21 bits per heavy atom. The molecule has 148 valence electrons. The molecule has 0 saturated heterocycles. The van der Waals surface area contributed by atoms with Crippen LogP contribution in [-0.4, -0.2) is 44.9 Å². The van der Waals surface area contributed by atoms with Gasteiger partial charge in [-0.15, -0.1) is 0 Å². The molecule has 0 aliphatic heterocycles. The first-order valence-electron chi connectivity index (χ1n) is 9.45. The molecule has 0 aliphatic rings. The van der Waals surface area contributed by atoms with Crippen LogP contribution in [0.1, 0.15) is 23.7 Å². The summed E-state index contributed by atoms with van der Waals surface area (Å²) >= 11 is 0. The molecule has 2 heterocycles. The van der Waals surface area contributed by atoms with E-state index in [1.165, 1.54) is 17.2 Å². The number of aromatic nitrogens is 4. The highest BCUT2D eigenvalue weighted by molar-refractivity contribution is 5.56. The summed E-state index contributed by atoms with van der Waals surface area (Å²) in [7, 11) is 3.57. The third kappa shape index (κ3) is 5.37. The first kappa shape index (κ1) is 20.0. The lowest BCUT2D eigenvalue weighted by atomic mass is 10.1. The van der Waals surface area contributed by atoms with Crippen LogP contribution in [0.4, 0.5) is 0 Å². The van der Waals surface area contributed by atoms with Gasteiger partial charge in [-0.05, 0) is 18.2 Å². The van der Waals surface area contributed by atoms with E-state index in [2.05, 4.69) is 39.0 Å². The Bertz CT molecular complexity index is 963. The van der Waals surface area contributed by atoms with E-state index in [9.17, 15) is 4.79 Å². The summed E-state index contributed by atoms with van der Waals surface area (Å²) in [5, 5.41) is 4.24. The van der Waals surface area contributed by atoms with Gasteiger partial charge < -0.3 is 9.72 Å². The quantitative estimate of drug-likeness (QED) is 0.616. The van der Waals surface area contributed by atoms with Crippen molar-refractivity contribution in [1.29, 1.82) is 0 Å². The van der Waals surface area contributed by atoms with Crippen molar-refractivity contribution in [3.63, 3.8) is 0 Å². The molecule has 1 aromatic carbocycles. The summed E-state index contributed by atoms with van der Waals surface area (Å²) < 4.78 is 6.91. The molecule has 0 saturated carbocycles. The van der Waals surface area contributed by atoms with E-state index >= 15 is 0 Å². The minimum atomic E-state index is -0.145. The fourth-order valence-corrected chi connectivity index (χ4v) is 3.15. The summed E-state index contributed by atoms with van der Waals surface area (Å²) in [5.41, 5.74) is 3.86. The van der Waals surface area contributed by atoms with Crippen LogP contribution in [0.15, 0.2) is 47.5 Å². The second-order valence-electron chi connectivity index (χ2n) is 6.85. The number of aryl methyl sites for hydroxylation is 1. The number of nitrogens with one attached hydrogen (secondary N) is 1. The van der Waals surface area contributed by atoms with Crippen molar-refractivity contribution in [2.75, 3.05) is 20.3 Å². The lowest BCUT2D eigenvalue weighted by molar-refractivity contribution is 0.201. The highest BCUT2D eigenvalue weighted by atomic mass is 16.5. The van der Waals surface area contributed by atoms with Gasteiger partial charge in [0.1, 0.15) is 5.82 Å². The minimum Gasteiger partial charge on any atom is -0.384 e. The van der Waals surface area contributed by atoms with Gasteiger partial charge in [0, 0.05) is 57.1 Å². The van der Waals surface area contributed by atoms with Crippen LogP contribution in [0.5, 0.6) is 0 Å². The van der Waals surface area contributed by atoms with Gasteiger partial charge in [-0.1, -0.05) is 25.1 Å². The van der Waals surface area contributed by atoms with Gasteiger partial charge in [0.15, 0.2) is 0 Å². The Morgan fingerprint density at radius 2 is 2.04 bits per heavy atom. The van der Waals surface area contributed by atoms with Crippen LogP contribution in [0.2, 0.25) is 0 Å². The van der Waals surface area contributed by atoms with Crippen LogP contribution in [0, 0.1) is 0 Å². The van der Waals surface area contributed by atoms with E-state index in [0.29, 0.717) is 18.9 Å². The molecule has 3 rings (SSSR count). The summed E-state index contributed by atoms with van der Waals surface area (Å²) in [5.74, 6) is 0.593. The van der Waals surface area contributed by atoms with Gasteiger partial charge in [-0.25, -0.2) is 4.98 Å². The fourth-order valence-electron chi connectivity index (χ4n) is 3.15. The smallest absolute Gasteiger partial charge is 0.251 e. The molecular formula is C21H27N5O2. The minimum absolute atomic E-state index is 0.145. The third-order valence-corrected chi connectivity index (χ3v) is 4.58. The molecule has 1 N–H and O–H groups in total. The highest BCUT2D eigenvalue weighted by Crippen LogP contribution is 2.18. The Morgan fingerprint density at radius 3 is 2.75 bits per heavy atom. The number of rotatable bonds is 9. The summed E-state index contributed by atoms with van der Waals surface area (Å²) in [6.07, 6.45) is 4.56. The molecule has 0 atom stereocenters. The Hall–Kier alpha value is -2.77. The molecular weight excluding hydrogens is 354 g/mol. The molecule has 0 radical (unpaired) electrons. The molecule has 3 aromatic rings. The Labute approximate surface area is 165 Å². The van der Waals surface area contributed by atoms with E-state index < -0.39 is 0 Å². The largest absolute Gasteiger partial charge is 0.384 e. The normalized spacial score (nSPS) is 11.3. The molecule has 2 aromatic heterocycles. The maximum absolute atomic E-state index is 12.0. The van der Waals surface area contributed by atoms with Crippen LogP contribution >= 0.6 is 0 Å². The van der Waals surface area contributed by atoms with E-state index in [0.717, 1.165) is 30.9 Å².